The van der Waals surface area contributed by atoms with E-state index in [1.54, 1.807) is 0 Å². The Balaban J connectivity index is 2.16. The summed E-state index contributed by atoms with van der Waals surface area (Å²) in [6, 6.07) is 6.76. The van der Waals surface area contributed by atoms with Crippen LogP contribution in [0, 0.1) is 12.3 Å². The van der Waals surface area contributed by atoms with Crippen molar-refractivity contribution >= 4 is 38.5 Å². The van der Waals surface area contributed by atoms with Crippen LogP contribution in [0.2, 0.25) is 0 Å². The Labute approximate surface area is 128 Å². The van der Waals surface area contributed by atoms with Gasteiger partial charge < -0.3 is 5.32 Å². The molecule has 19 heavy (non-hydrogen) atoms. The zero-order valence-corrected chi connectivity index (χ0v) is 14.4. The molecule has 1 aliphatic heterocycles. The van der Waals surface area contributed by atoms with Gasteiger partial charge in [0.2, 0.25) is 0 Å². The molecule has 1 unspecified atom stereocenters. The maximum absolute atomic E-state index is 4.86. The fraction of sp³-hybridized carbons (Fsp3) is 0.533. The summed E-state index contributed by atoms with van der Waals surface area (Å²) in [7, 11) is 0. The number of nitrogens with zero attached hydrogens (tertiary/aromatic N) is 1. The van der Waals surface area contributed by atoms with Crippen molar-refractivity contribution in [3.8, 4) is 0 Å². The van der Waals surface area contributed by atoms with Crippen molar-refractivity contribution < 1.29 is 0 Å². The van der Waals surface area contributed by atoms with Crippen LogP contribution in [0.1, 0.15) is 32.8 Å². The lowest BCUT2D eigenvalue weighted by Crippen LogP contribution is -2.30. The maximum Gasteiger partial charge on any atom is 0.161 e. The number of aliphatic imine (C=N–C) groups is 1. The molecule has 1 heterocycles. The minimum absolute atomic E-state index is 0.237. The molecule has 2 nitrogen and oxygen atoms in total. The SMILES string of the molecule is Cc1cc(Br)cc(NC2=NC(C(C)(C)C)CCS2)c1. The van der Waals surface area contributed by atoms with E-state index in [0.29, 0.717) is 6.04 Å². The molecule has 0 amide bonds. The highest BCUT2D eigenvalue weighted by atomic mass is 79.9. The van der Waals surface area contributed by atoms with Crippen LogP contribution in [0.4, 0.5) is 5.69 Å². The third kappa shape index (κ3) is 4.25. The molecule has 1 aromatic rings. The summed E-state index contributed by atoms with van der Waals surface area (Å²) in [5.41, 5.74) is 2.58. The van der Waals surface area contributed by atoms with Crippen molar-refractivity contribution in [1.29, 1.82) is 0 Å². The van der Waals surface area contributed by atoms with E-state index in [1.807, 2.05) is 11.8 Å². The van der Waals surface area contributed by atoms with Crippen LogP contribution < -0.4 is 5.32 Å². The average molecular weight is 341 g/mol. The van der Waals surface area contributed by atoms with E-state index in [1.165, 1.54) is 5.56 Å². The molecular formula is C15H21BrN2S. The first-order chi connectivity index (χ1) is 8.84. The summed E-state index contributed by atoms with van der Waals surface area (Å²) in [4.78, 5) is 4.86. The molecule has 1 atom stereocenters. The Morgan fingerprint density at radius 1 is 1.32 bits per heavy atom. The molecule has 2 rings (SSSR count). The van der Waals surface area contributed by atoms with Gasteiger partial charge in [-0.05, 0) is 42.5 Å². The lowest BCUT2D eigenvalue weighted by atomic mass is 9.85. The van der Waals surface area contributed by atoms with Crippen molar-refractivity contribution in [2.24, 2.45) is 10.4 Å². The lowest BCUT2D eigenvalue weighted by molar-refractivity contribution is 0.316. The monoisotopic (exact) mass is 340 g/mol. The van der Waals surface area contributed by atoms with Crippen molar-refractivity contribution in [3.05, 3.63) is 28.2 Å². The number of amidine groups is 1. The van der Waals surface area contributed by atoms with Gasteiger partial charge in [0.1, 0.15) is 0 Å². The molecule has 0 saturated heterocycles. The predicted octanol–water partition coefficient (Wildman–Crippen LogP) is 5.08. The summed E-state index contributed by atoms with van der Waals surface area (Å²) >= 11 is 5.35. The van der Waals surface area contributed by atoms with Gasteiger partial charge in [-0.3, -0.25) is 4.99 Å². The molecule has 0 saturated carbocycles. The number of anilines is 1. The lowest BCUT2D eigenvalue weighted by Gasteiger charge is -2.31. The first kappa shape index (κ1) is 14.9. The van der Waals surface area contributed by atoms with E-state index in [2.05, 4.69) is 67.1 Å². The van der Waals surface area contributed by atoms with Gasteiger partial charge in [0, 0.05) is 15.9 Å². The second kappa shape index (κ2) is 5.88. The van der Waals surface area contributed by atoms with Gasteiger partial charge in [-0.15, -0.1) is 0 Å². The molecule has 0 spiro atoms. The van der Waals surface area contributed by atoms with Crippen LogP contribution in [0.25, 0.3) is 0 Å². The van der Waals surface area contributed by atoms with E-state index in [-0.39, 0.29) is 5.41 Å². The normalized spacial score (nSPS) is 20.1. The van der Waals surface area contributed by atoms with Gasteiger partial charge in [-0.2, -0.15) is 0 Å². The van der Waals surface area contributed by atoms with Gasteiger partial charge >= 0.3 is 0 Å². The van der Waals surface area contributed by atoms with Gasteiger partial charge in [0.05, 0.1) is 6.04 Å². The number of nitrogens with one attached hydrogen (secondary N) is 1. The highest BCUT2D eigenvalue weighted by Gasteiger charge is 2.27. The number of thioether (sulfide) groups is 1. The zero-order chi connectivity index (χ0) is 14.0. The third-order valence-electron chi connectivity index (χ3n) is 3.20. The zero-order valence-electron chi connectivity index (χ0n) is 12.0. The Morgan fingerprint density at radius 2 is 2.05 bits per heavy atom. The Kier molecular flexibility index (Phi) is 4.62. The van der Waals surface area contributed by atoms with Gasteiger partial charge in [0.15, 0.2) is 5.17 Å². The first-order valence-electron chi connectivity index (χ1n) is 6.59. The van der Waals surface area contributed by atoms with E-state index in [0.717, 1.165) is 27.5 Å². The molecule has 0 fully saturated rings. The number of hydrogen-bond donors (Lipinski definition) is 1. The second-order valence-corrected chi connectivity index (χ2v) is 8.09. The second-order valence-electron chi connectivity index (χ2n) is 6.10. The van der Waals surface area contributed by atoms with Crippen LogP contribution >= 0.6 is 27.7 Å². The van der Waals surface area contributed by atoms with Crippen LogP contribution in [-0.4, -0.2) is 17.0 Å². The van der Waals surface area contributed by atoms with Crippen LogP contribution in [0.3, 0.4) is 0 Å². The van der Waals surface area contributed by atoms with Crippen LogP contribution in [0.15, 0.2) is 27.7 Å². The smallest absolute Gasteiger partial charge is 0.161 e. The quantitative estimate of drug-likeness (QED) is 0.771. The molecule has 1 aromatic carbocycles. The number of hydrogen-bond acceptors (Lipinski definition) is 3. The molecule has 0 bridgehead atoms. The Morgan fingerprint density at radius 3 is 2.68 bits per heavy atom. The number of benzene rings is 1. The van der Waals surface area contributed by atoms with E-state index >= 15 is 0 Å². The highest BCUT2D eigenvalue weighted by Crippen LogP contribution is 2.31. The van der Waals surface area contributed by atoms with E-state index < -0.39 is 0 Å². The molecular weight excluding hydrogens is 320 g/mol. The van der Waals surface area contributed by atoms with Crippen LogP contribution in [-0.2, 0) is 0 Å². The van der Waals surface area contributed by atoms with E-state index in [4.69, 9.17) is 4.99 Å². The topological polar surface area (TPSA) is 24.4 Å². The predicted molar refractivity (Wildman–Crippen MR) is 90.3 cm³/mol. The fourth-order valence-corrected chi connectivity index (χ4v) is 3.67. The van der Waals surface area contributed by atoms with Crippen molar-refractivity contribution in [3.63, 3.8) is 0 Å². The first-order valence-corrected chi connectivity index (χ1v) is 8.37. The third-order valence-corrected chi connectivity index (χ3v) is 4.57. The van der Waals surface area contributed by atoms with E-state index in [9.17, 15) is 0 Å². The largest absolute Gasteiger partial charge is 0.335 e. The van der Waals surface area contributed by atoms with Crippen molar-refractivity contribution in [2.45, 2.75) is 40.2 Å². The van der Waals surface area contributed by atoms with Crippen molar-refractivity contribution in [2.75, 3.05) is 11.1 Å². The number of rotatable bonds is 1. The summed E-state index contributed by atoms with van der Waals surface area (Å²) in [6.45, 7) is 8.89. The number of aryl methyl sites for hydroxylation is 1. The summed E-state index contributed by atoms with van der Waals surface area (Å²) < 4.78 is 1.10. The van der Waals surface area contributed by atoms with Gasteiger partial charge in [0.25, 0.3) is 0 Å². The summed E-state index contributed by atoms with van der Waals surface area (Å²) in [5, 5.41) is 4.49. The summed E-state index contributed by atoms with van der Waals surface area (Å²) in [6.07, 6.45) is 1.16. The van der Waals surface area contributed by atoms with Crippen molar-refractivity contribution in [1.82, 2.24) is 0 Å². The maximum atomic E-state index is 4.86. The molecule has 1 aliphatic rings. The fourth-order valence-electron chi connectivity index (χ4n) is 2.14. The number of halogens is 1. The van der Waals surface area contributed by atoms with Gasteiger partial charge in [-0.1, -0.05) is 48.5 Å². The molecule has 1 N–H and O–H groups in total. The molecule has 0 aromatic heterocycles. The Hall–Kier alpha value is -0.480. The minimum Gasteiger partial charge on any atom is -0.335 e. The minimum atomic E-state index is 0.237. The molecule has 4 heteroatoms. The molecule has 0 aliphatic carbocycles. The standard InChI is InChI=1S/C15H21BrN2S/c1-10-7-11(16)9-12(8-10)17-14-18-13(5-6-19-14)15(2,3)4/h7-9,13H,5-6H2,1-4H3,(H,17,18). The molecule has 0 radical (unpaired) electrons. The molecule has 104 valence electrons. The Bertz CT molecular complexity index is 471. The van der Waals surface area contributed by atoms with Crippen LogP contribution in [0.5, 0.6) is 0 Å². The highest BCUT2D eigenvalue weighted by molar-refractivity contribution is 9.10. The average Bonchev–Trinajstić information content (AvgIpc) is 2.26. The summed E-state index contributed by atoms with van der Waals surface area (Å²) in [5.74, 6) is 1.14. The van der Waals surface area contributed by atoms with Gasteiger partial charge in [-0.25, -0.2) is 0 Å².